The van der Waals surface area contributed by atoms with Gasteiger partial charge in [-0.25, -0.2) is 13.4 Å². The molecule has 164 valence electrons. The third kappa shape index (κ3) is 5.82. The lowest BCUT2D eigenvalue weighted by atomic mass is 10.2. The molecule has 3 rings (SSSR count). The zero-order valence-corrected chi connectivity index (χ0v) is 19.8. The van der Waals surface area contributed by atoms with Crippen LogP contribution >= 0.6 is 12.2 Å². The van der Waals surface area contributed by atoms with Gasteiger partial charge in [0.2, 0.25) is 15.0 Å². The molecule has 1 aromatic carbocycles. The van der Waals surface area contributed by atoms with Gasteiger partial charge in [-0.05, 0) is 50.4 Å². The van der Waals surface area contributed by atoms with Gasteiger partial charge in [-0.15, -0.1) is 0 Å². The Morgan fingerprint density at radius 3 is 2.47 bits per heavy atom. The highest BCUT2D eigenvalue weighted by Crippen LogP contribution is 2.29. The molecule has 1 N–H and O–H groups in total. The summed E-state index contributed by atoms with van der Waals surface area (Å²) in [5.74, 6) is 0.237. The van der Waals surface area contributed by atoms with Crippen molar-refractivity contribution in [2.75, 3.05) is 0 Å². The molecule has 0 aliphatic heterocycles. The van der Waals surface area contributed by atoms with E-state index in [-0.39, 0.29) is 17.0 Å². The summed E-state index contributed by atoms with van der Waals surface area (Å²) in [4.78, 5) is 6.55. The van der Waals surface area contributed by atoms with E-state index in [1.165, 1.54) is 0 Å². The minimum atomic E-state index is -3.56. The van der Waals surface area contributed by atoms with Crippen molar-refractivity contribution in [3.05, 3.63) is 47.8 Å². The average Bonchev–Trinajstić information content (AvgIpc) is 3.41. The topological polar surface area (TPSA) is 67.2 Å². The van der Waals surface area contributed by atoms with Crippen molar-refractivity contribution in [3.8, 4) is 0 Å². The fourth-order valence-electron chi connectivity index (χ4n) is 3.44. The lowest BCUT2D eigenvalue weighted by molar-refractivity contribution is 0.367. The molecule has 0 saturated heterocycles. The lowest BCUT2D eigenvalue weighted by Gasteiger charge is -2.28. The van der Waals surface area contributed by atoms with Crippen LogP contribution in [0, 0.1) is 5.92 Å². The monoisotopic (exact) mass is 448 g/mol. The molecule has 0 spiro atoms. The van der Waals surface area contributed by atoms with E-state index in [2.05, 4.69) is 42.9 Å². The number of thiocarbonyl (C=S) groups is 1. The van der Waals surface area contributed by atoms with Gasteiger partial charge in [0.15, 0.2) is 5.11 Å². The molecule has 0 amide bonds. The number of aromatic nitrogens is 2. The summed E-state index contributed by atoms with van der Waals surface area (Å²) < 4.78 is 28.3. The third-order valence-electron chi connectivity index (χ3n) is 4.92. The van der Waals surface area contributed by atoms with E-state index in [0.29, 0.717) is 25.0 Å². The van der Waals surface area contributed by atoms with Crippen LogP contribution < -0.4 is 5.32 Å². The maximum absolute atomic E-state index is 13.2. The van der Waals surface area contributed by atoms with Crippen LogP contribution in [-0.2, 0) is 28.7 Å². The van der Waals surface area contributed by atoms with Crippen molar-refractivity contribution in [2.45, 2.75) is 76.6 Å². The molecular weight excluding hydrogens is 416 g/mol. The fraction of sp³-hybridized carbons (Fsp3) is 0.545. The van der Waals surface area contributed by atoms with E-state index >= 15 is 0 Å². The number of nitrogens with zero attached hydrogens (tertiary/aromatic N) is 3. The highest BCUT2D eigenvalue weighted by atomic mass is 32.2. The van der Waals surface area contributed by atoms with Gasteiger partial charge in [-0.2, -0.15) is 0 Å². The summed E-state index contributed by atoms with van der Waals surface area (Å²) in [7, 11) is -3.56. The van der Waals surface area contributed by atoms with Crippen LogP contribution in [0.15, 0.2) is 41.7 Å². The van der Waals surface area contributed by atoms with Gasteiger partial charge in [0.1, 0.15) is 0 Å². The second-order valence-corrected chi connectivity index (χ2v) is 11.0. The molecule has 1 aromatic heterocycles. The first kappa shape index (κ1) is 22.7. The Hall–Kier alpha value is -1.93. The van der Waals surface area contributed by atoms with Gasteiger partial charge in [0, 0.05) is 18.6 Å². The summed E-state index contributed by atoms with van der Waals surface area (Å²) >= 11 is 5.63. The van der Waals surface area contributed by atoms with Crippen LogP contribution in [0.25, 0.3) is 0 Å². The smallest absolute Gasteiger partial charge is 0.228 e. The van der Waals surface area contributed by atoms with Gasteiger partial charge in [-0.1, -0.05) is 44.2 Å². The van der Waals surface area contributed by atoms with Crippen molar-refractivity contribution in [1.29, 1.82) is 0 Å². The molecule has 0 radical (unpaired) electrons. The predicted octanol–water partition coefficient (Wildman–Crippen LogP) is 3.76. The van der Waals surface area contributed by atoms with Gasteiger partial charge < -0.3 is 14.8 Å². The maximum atomic E-state index is 13.2. The minimum absolute atomic E-state index is 0.0535. The van der Waals surface area contributed by atoms with E-state index in [0.717, 1.165) is 29.2 Å². The molecule has 1 aliphatic rings. The summed E-state index contributed by atoms with van der Waals surface area (Å²) in [6, 6.07) is 9.92. The molecule has 8 heteroatoms. The number of sulfone groups is 1. The zero-order chi connectivity index (χ0) is 21.9. The highest BCUT2D eigenvalue weighted by Gasteiger charge is 2.33. The van der Waals surface area contributed by atoms with Crippen molar-refractivity contribution in [1.82, 2.24) is 19.8 Å². The molecular formula is C22H32N4O2S2. The molecule has 30 heavy (non-hydrogen) atoms. The van der Waals surface area contributed by atoms with E-state index in [1.54, 1.807) is 6.20 Å². The van der Waals surface area contributed by atoms with Gasteiger partial charge in [0.05, 0.1) is 24.2 Å². The fourth-order valence-corrected chi connectivity index (χ4v) is 5.39. The van der Waals surface area contributed by atoms with Gasteiger partial charge in [0.25, 0.3) is 0 Å². The molecule has 1 aliphatic carbocycles. The SMILES string of the molecule is CC(C)Cn1c(CN(C(=S)NC(C)C)C2CC2)cnc1S(=O)(=O)Cc1ccccc1. The first-order chi connectivity index (χ1) is 14.2. The van der Waals surface area contributed by atoms with E-state index < -0.39 is 9.84 Å². The van der Waals surface area contributed by atoms with Crippen molar-refractivity contribution < 1.29 is 8.42 Å². The second-order valence-electron chi connectivity index (χ2n) is 8.74. The predicted molar refractivity (Wildman–Crippen MR) is 124 cm³/mol. The molecule has 1 heterocycles. The molecule has 0 atom stereocenters. The Morgan fingerprint density at radius 2 is 1.90 bits per heavy atom. The molecule has 1 saturated carbocycles. The number of hydrogen-bond acceptors (Lipinski definition) is 4. The Balaban J connectivity index is 1.90. The number of imidazole rings is 1. The van der Waals surface area contributed by atoms with Crippen LogP contribution in [0.3, 0.4) is 0 Å². The first-order valence-electron chi connectivity index (χ1n) is 10.6. The number of hydrogen-bond donors (Lipinski definition) is 1. The maximum Gasteiger partial charge on any atom is 0.228 e. The highest BCUT2D eigenvalue weighted by molar-refractivity contribution is 7.90. The van der Waals surface area contributed by atoms with E-state index in [1.807, 2.05) is 34.9 Å². The number of rotatable bonds is 9. The summed E-state index contributed by atoms with van der Waals surface area (Å²) in [6.45, 7) is 9.46. The Morgan fingerprint density at radius 1 is 1.23 bits per heavy atom. The van der Waals surface area contributed by atoms with Crippen molar-refractivity contribution in [2.24, 2.45) is 5.92 Å². The Bertz CT molecular complexity index is 964. The Kier molecular flexibility index (Phi) is 7.18. The van der Waals surface area contributed by atoms with Crippen molar-refractivity contribution in [3.63, 3.8) is 0 Å². The number of benzene rings is 1. The van der Waals surface area contributed by atoms with Gasteiger partial charge >= 0.3 is 0 Å². The summed E-state index contributed by atoms with van der Waals surface area (Å²) in [5.41, 5.74) is 1.65. The van der Waals surface area contributed by atoms with Crippen LogP contribution in [0.2, 0.25) is 0 Å². The van der Waals surface area contributed by atoms with Crippen LogP contribution in [0.4, 0.5) is 0 Å². The molecule has 2 aromatic rings. The van der Waals surface area contributed by atoms with Crippen LogP contribution in [-0.4, -0.2) is 40.1 Å². The molecule has 6 nitrogen and oxygen atoms in total. The second kappa shape index (κ2) is 9.47. The number of nitrogens with one attached hydrogen (secondary N) is 1. The zero-order valence-electron chi connectivity index (χ0n) is 18.2. The van der Waals surface area contributed by atoms with Gasteiger partial charge in [-0.3, -0.25) is 0 Å². The lowest BCUT2D eigenvalue weighted by Crippen LogP contribution is -2.43. The largest absolute Gasteiger partial charge is 0.360 e. The van der Waals surface area contributed by atoms with E-state index in [9.17, 15) is 8.42 Å². The standard InChI is InChI=1S/C22H32N4O2S2/c1-16(2)13-26-20(14-25(19-10-11-19)21(29)24-17(3)4)12-23-22(26)30(27,28)15-18-8-6-5-7-9-18/h5-9,12,16-17,19H,10-11,13-15H2,1-4H3,(H,24,29). The normalized spacial score (nSPS) is 14.3. The molecule has 0 bridgehead atoms. The minimum Gasteiger partial charge on any atom is -0.360 e. The first-order valence-corrected chi connectivity index (χ1v) is 12.6. The van der Waals surface area contributed by atoms with Crippen LogP contribution in [0.5, 0.6) is 0 Å². The quantitative estimate of drug-likeness (QED) is 0.589. The summed E-state index contributed by atoms with van der Waals surface area (Å²) in [5, 5.41) is 4.19. The summed E-state index contributed by atoms with van der Waals surface area (Å²) in [6.07, 6.45) is 3.92. The Labute approximate surface area is 185 Å². The van der Waals surface area contributed by atoms with Crippen LogP contribution in [0.1, 0.15) is 51.8 Å². The van der Waals surface area contributed by atoms with E-state index in [4.69, 9.17) is 12.2 Å². The molecule has 1 fully saturated rings. The van der Waals surface area contributed by atoms with Crippen molar-refractivity contribution >= 4 is 27.2 Å². The third-order valence-corrected chi connectivity index (χ3v) is 6.87. The average molecular weight is 449 g/mol. The molecule has 0 unspecified atom stereocenters.